The van der Waals surface area contributed by atoms with Gasteiger partial charge in [0.2, 0.25) is 0 Å². The van der Waals surface area contributed by atoms with Gasteiger partial charge in [-0.15, -0.1) is 11.3 Å². The molecule has 0 radical (unpaired) electrons. The van der Waals surface area contributed by atoms with E-state index in [-0.39, 0.29) is 6.54 Å². The van der Waals surface area contributed by atoms with Crippen LogP contribution in [0.5, 0.6) is 0 Å². The lowest BCUT2D eigenvalue weighted by molar-refractivity contribution is -0.140. The number of carboxylic acids is 1. The minimum atomic E-state index is -0.939. The van der Waals surface area contributed by atoms with Gasteiger partial charge in [-0.05, 0) is 18.2 Å². The first-order valence-corrected chi connectivity index (χ1v) is 6.55. The SMILES string of the molecule is CC(CNC(=O)Nc1ccc2ncsc2c1)C(=O)O. The Kier molecular flexibility index (Phi) is 3.96. The van der Waals surface area contributed by atoms with Gasteiger partial charge in [-0.3, -0.25) is 4.79 Å². The minimum absolute atomic E-state index is 0.0873. The summed E-state index contributed by atoms with van der Waals surface area (Å²) in [7, 11) is 0. The molecule has 0 bridgehead atoms. The van der Waals surface area contributed by atoms with Gasteiger partial charge in [0.1, 0.15) is 0 Å². The van der Waals surface area contributed by atoms with Crippen LogP contribution in [0.15, 0.2) is 23.7 Å². The highest BCUT2D eigenvalue weighted by atomic mass is 32.1. The highest BCUT2D eigenvalue weighted by molar-refractivity contribution is 7.16. The zero-order chi connectivity index (χ0) is 13.8. The Morgan fingerprint density at radius 2 is 2.26 bits per heavy atom. The van der Waals surface area contributed by atoms with Gasteiger partial charge < -0.3 is 15.7 Å². The molecule has 1 atom stereocenters. The van der Waals surface area contributed by atoms with E-state index in [0.29, 0.717) is 5.69 Å². The van der Waals surface area contributed by atoms with Crippen molar-refractivity contribution in [2.75, 3.05) is 11.9 Å². The molecule has 0 spiro atoms. The molecule has 1 unspecified atom stereocenters. The van der Waals surface area contributed by atoms with Crippen LogP contribution in [0.3, 0.4) is 0 Å². The number of nitrogens with zero attached hydrogens (tertiary/aromatic N) is 1. The number of hydrogen-bond acceptors (Lipinski definition) is 4. The van der Waals surface area contributed by atoms with Crippen LogP contribution in [-0.2, 0) is 4.79 Å². The molecule has 0 fully saturated rings. The maximum Gasteiger partial charge on any atom is 0.319 e. The molecular weight excluding hydrogens is 266 g/mol. The summed E-state index contributed by atoms with van der Waals surface area (Å²) in [6, 6.07) is 4.98. The van der Waals surface area contributed by atoms with Gasteiger partial charge in [0, 0.05) is 12.2 Å². The number of urea groups is 1. The van der Waals surface area contributed by atoms with Gasteiger partial charge in [0.05, 0.1) is 21.6 Å². The van der Waals surface area contributed by atoms with E-state index < -0.39 is 17.9 Å². The number of anilines is 1. The van der Waals surface area contributed by atoms with Crippen LogP contribution in [0, 0.1) is 5.92 Å². The molecule has 6 nitrogen and oxygen atoms in total. The molecule has 2 rings (SSSR count). The summed E-state index contributed by atoms with van der Waals surface area (Å²) < 4.78 is 0.983. The highest BCUT2D eigenvalue weighted by Crippen LogP contribution is 2.21. The van der Waals surface area contributed by atoms with E-state index in [1.807, 2.05) is 12.1 Å². The van der Waals surface area contributed by atoms with E-state index in [1.165, 1.54) is 18.3 Å². The molecule has 0 aliphatic rings. The Morgan fingerprint density at radius 1 is 1.47 bits per heavy atom. The summed E-state index contributed by atoms with van der Waals surface area (Å²) >= 11 is 1.49. The number of thiazole rings is 1. The second-order valence-electron chi connectivity index (χ2n) is 4.11. The summed E-state index contributed by atoms with van der Waals surface area (Å²) in [6.07, 6.45) is 0. The molecule has 100 valence electrons. The van der Waals surface area contributed by atoms with Crippen molar-refractivity contribution in [2.45, 2.75) is 6.92 Å². The van der Waals surface area contributed by atoms with E-state index in [1.54, 1.807) is 11.6 Å². The topological polar surface area (TPSA) is 91.3 Å². The van der Waals surface area contributed by atoms with Crippen molar-refractivity contribution in [3.63, 3.8) is 0 Å². The molecule has 1 heterocycles. The first-order chi connectivity index (χ1) is 9.06. The number of hydrogen-bond donors (Lipinski definition) is 3. The lowest BCUT2D eigenvalue weighted by Gasteiger charge is -2.09. The van der Waals surface area contributed by atoms with E-state index in [0.717, 1.165) is 10.2 Å². The number of carbonyl (C=O) groups excluding carboxylic acids is 1. The monoisotopic (exact) mass is 279 g/mol. The van der Waals surface area contributed by atoms with Gasteiger partial charge in [0.25, 0.3) is 0 Å². The van der Waals surface area contributed by atoms with Crippen molar-refractivity contribution in [3.8, 4) is 0 Å². The van der Waals surface area contributed by atoms with Gasteiger partial charge in [-0.1, -0.05) is 6.92 Å². The van der Waals surface area contributed by atoms with E-state index in [2.05, 4.69) is 15.6 Å². The van der Waals surface area contributed by atoms with E-state index in [4.69, 9.17) is 5.11 Å². The third-order valence-corrected chi connectivity index (χ3v) is 3.37. The van der Waals surface area contributed by atoms with Crippen LogP contribution in [0.25, 0.3) is 10.2 Å². The van der Waals surface area contributed by atoms with Crippen molar-refractivity contribution in [2.24, 2.45) is 5.92 Å². The molecule has 2 amide bonds. The first kappa shape index (κ1) is 13.3. The van der Waals surface area contributed by atoms with Gasteiger partial charge in [-0.25, -0.2) is 9.78 Å². The number of rotatable bonds is 4. The van der Waals surface area contributed by atoms with Crippen molar-refractivity contribution in [3.05, 3.63) is 23.7 Å². The predicted octanol–water partition coefficient (Wildman–Crippen LogP) is 2.14. The number of nitrogens with one attached hydrogen (secondary N) is 2. The van der Waals surface area contributed by atoms with Crippen molar-refractivity contribution < 1.29 is 14.7 Å². The molecule has 0 aliphatic heterocycles. The molecule has 0 aliphatic carbocycles. The Hall–Kier alpha value is -2.15. The van der Waals surface area contributed by atoms with Crippen LogP contribution < -0.4 is 10.6 Å². The summed E-state index contributed by atoms with van der Waals surface area (Å²) in [6.45, 7) is 1.62. The Morgan fingerprint density at radius 3 is 3.00 bits per heavy atom. The lowest BCUT2D eigenvalue weighted by Crippen LogP contribution is -2.34. The first-order valence-electron chi connectivity index (χ1n) is 5.67. The number of amides is 2. The zero-order valence-electron chi connectivity index (χ0n) is 10.2. The predicted molar refractivity (Wildman–Crippen MR) is 73.4 cm³/mol. The van der Waals surface area contributed by atoms with Crippen LogP contribution >= 0.6 is 11.3 Å². The minimum Gasteiger partial charge on any atom is -0.481 e. The quantitative estimate of drug-likeness (QED) is 0.799. The second kappa shape index (κ2) is 5.66. The van der Waals surface area contributed by atoms with E-state index in [9.17, 15) is 9.59 Å². The van der Waals surface area contributed by atoms with E-state index >= 15 is 0 Å². The van der Waals surface area contributed by atoms with Crippen molar-refractivity contribution in [1.29, 1.82) is 0 Å². The second-order valence-corrected chi connectivity index (χ2v) is 5.00. The zero-order valence-corrected chi connectivity index (χ0v) is 11.0. The molecular formula is C12H13N3O3S. The standard InChI is InChI=1S/C12H13N3O3S/c1-7(11(16)17)5-13-12(18)15-8-2-3-9-10(4-8)19-6-14-9/h2-4,6-7H,5H2,1H3,(H,16,17)(H2,13,15,18). The number of carbonyl (C=O) groups is 2. The molecule has 7 heteroatoms. The summed E-state index contributed by atoms with van der Waals surface area (Å²) in [5, 5.41) is 13.9. The van der Waals surface area contributed by atoms with Crippen molar-refractivity contribution in [1.82, 2.24) is 10.3 Å². The number of fused-ring (bicyclic) bond motifs is 1. The largest absolute Gasteiger partial charge is 0.481 e. The van der Waals surface area contributed by atoms with Crippen molar-refractivity contribution >= 4 is 39.2 Å². The van der Waals surface area contributed by atoms with Gasteiger partial charge in [0.15, 0.2) is 0 Å². The molecule has 0 saturated heterocycles. The maximum absolute atomic E-state index is 11.6. The number of aliphatic carboxylic acids is 1. The molecule has 2 aromatic rings. The summed E-state index contributed by atoms with van der Waals surface area (Å²) in [5.41, 5.74) is 3.27. The Labute approximate surface area is 113 Å². The number of aromatic nitrogens is 1. The third kappa shape index (κ3) is 3.41. The fourth-order valence-corrected chi connectivity index (χ4v) is 2.16. The van der Waals surface area contributed by atoms with Gasteiger partial charge >= 0.3 is 12.0 Å². The maximum atomic E-state index is 11.6. The highest BCUT2D eigenvalue weighted by Gasteiger charge is 2.12. The normalized spacial score (nSPS) is 12.1. The molecule has 0 saturated carbocycles. The molecule has 19 heavy (non-hydrogen) atoms. The molecule has 3 N–H and O–H groups in total. The smallest absolute Gasteiger partial charge is 0.319 e. The average molecular weight is 279 g/mol. The lowest BCUT2D eigenvalue weighted by atomic mass is 10.2. The van der Waals surface area contributed by atoms with Gasteiger partial charge in [-0.2, -0.15) is 0 Å². The Balaban J connectivity index is 1.93. The van der Waals surface area contributed by atoms with Crippen LogP contribution in [0.4, 0.5) is 10.5 Å². The molecule has 1 aromatic heterocycles. The van der Waals surface area contributed by atoms with Crippen LogP contribution in [0.2, 0.25) is 0 Å². The number of benzene rings is 1. The Bertz CT molecular complexity index is 611. The van der Waals surface area contributed by atoms with Crippen LogP contribution in [0.1, 0.15) is 6.92 Å². The fraction of sp³-hybridized carbons (Fsp3) is 0.250. The van der Waals surface area contributed by atoms with Crippen LogP contribution in [-0.4, -0.2) is 28.6 Å². The summed E-state index contributed by atoms with van der Waals surface area (Å²) in [5.74, 6) is -1.55. The third-order valence-electron chi connectivity index (χ3n) is 2.58. The summed E-state index contributed by atoms with van der Waals surface area (Å²) in [4.78, 5) is 26.3. The average Bonchev–Trinajstić information content (AvgIpc) is 2.83. The fourth-order valence-electron chi connectivity index (χ4n) is 1.44. The number of carboxylic acid groups (broad SMARTS) is 1. The molecule has 1 aromatic carbocycles.